The van der Waals surface area contributed by atoms with Gasteiger partial charge in [0.05, 0.1) is 5.75 Å². The molecule has 0 saturated heterocycles. The Hall–Kier alpha value is -1.95. The highest BCUT2D eigenvalue weighted by atomic mass is 32.2. The summed E-state index contributed by atoms with van der Waals surface area (Å²) in [5.41, 5.74) is 1.08. The van der Waals surface area contributed by atoms with E-state index in [1.165, 1.54) is 18.2 Å². The summed E-state index contributed by atoms with van der Waals surface area (Å²) in [6, 6.07) is 7.06. The van der Waals surface area contributed by atoms with E-state index >= 15 is 0 Å². The monoisotopic (exact) mass is 311 g/mol. The van der Waals surface area contributed by atoms with Crippen LogP contribution >= 0.6 is 11.8 Å². The van der Waals surface area contributed by atoms with Gasteiger partial charge in [0.1, 0.15) is 17.5 Å². The zero-order valence-electron chi connectivity index (χ0n) is 11.1. The quantitative estimate of drug-likeness (QED) is 0.860. The van der Waals surface area contributed by atoms with Gasteiger partial charge in [0.25, 0.3) is 0 Å². The van der Waals surface area contributed by atoms with Gasteiger partial charge >= 0.3 is 0 Å². The highest BCUT2D eigenvalue weighted by Crippen LogP contribution is 2.23. The Kier molecular flexibility index (Phi) is 4.90. The first-order chi connectivity index (χ1) is 9.95. The molecule has 0 aromatic heterocycles. The molecule has 1 amide bonds. The molecule has 0 heterocycles. The molecule has 0 radical (unpaired) electrons. The topological polar surface area (TPSA) is 29.1 Å². The molecule has 0 spiro atoms. The van der Waals surface area contributed by atoms with Crippen molar-refractivity contribution in [3.8, 4) is 0 Å². The summed E-state index contributed by atoms with van der Waals surface area (Å²) in [7, 11) is 0. The number of halogens is 3. The maximum atomic E-state index is 13.4. The number of benzene rings is 2. The molecule has 0 aliphatic carbocycles. The minimum absolute atomic E-state index is 0.0704. The van der Waals surface area contributed by atoms with Gasteiger partial charge in [-0.15, -0.1) is 11.8 Å². The Bertz CT molecular complexity index is 676. The largest absolute Gasteiger partial charge is 0.325 e. The highest BCUT2D eigenvalue weighted by molar-refractivity contribution is 8.00. The second-order valence-electron chi connectivity index (χ2n) is 4.37. The molecule has 2 nitrogen and oxygen atoms in total. The number of nitrogens with one attached hydrogen (secondary N) is 1. The van der Waals surface area contributed by atoms with E-state index < -0.39 is 11.6 Å². The van der Waals surface area contributed by atoms with Crippen LogP contribution in [0.25, 0.3) is 0 Å². The van der Waals surface area contributed by atoms with Crippen molar-refractivity contribution in [3.05, 3.63) is 59.4 Å². The second kappa shape index (κ2) is 6.67. The number of amides is 1. The van der Waals surface area contributed by atoms with Gasteiger partial charge in [-0.2, -0.15) is 0 Å². The molecule has 0 unspecified atom stereocenters. The van der Waals surface area contributed by atoms with E-state index in [9.17, 15) is 18.0 Å². The Labute approximate surface area is 124 Å². The van der Waals surface area contributed by atoms with Gasteiger partial charge in [-0.1, -0.05) is 0 Å². The van der Waals surface area contributed by atoms with Crippen molar-refractivity contribution in [3.63, 3.8) is 0 Å². The van der Waals surface area contributed by atoms with Gasteiger partial charge in [-0.3, -0.25) is 4.79 Å². The molecule has 2 aromatic rings. The predicted octanol–water partition coefficient (Wildman–Crippen LogP) is 4.14. The van der Waals surface area contributed by atoms with Gasteiger partial charge in [-0.25, -0.2) is 13.2 Å². The lowest BCUT2D eigenvalue weighted by Gasteiger charge is -2.08. The first-order valence-corrected chi connectivity index (χ1v) is 7.08. The maximum absolute atomic E-state index is 13.4. The number of hydrogen-bond acceptors (Lipinski definition) is 2. The van der Waals surface area contributed by atoms with Gasteiger partial charge in [0.15, 0.2) is 0 Å². The fraction of sp³-hybridized carbons (Fsp3) is 0.133. The summed E-state index contributed by atoms with van der Waals surface area (Å²) < 4.78 is 39.3. The number of carbonyl (C=O) groups is 1. The van der Waals surface area contributed by atoms with Crippen molar-refractivity contribution in [2.24, 2.45) is 0 Å². The molecule has 2 rings (SSSR count). The molecule has 0 atom stereocenters. The summed E-state index contributed by atoms with van der Waals surface area (Å²) in [5, 5.41) is 2.60. The van der Waals surface area contributed by atoms with E-state index in [4.69, 9.17) is 0 Å². The molecule has 0 aliphatic rings. The van der Waals surface area contributed by atoms with E-state index in [0.29, 0.717) is 11.3 Å². The van der Waals surface area contributed by atoms with Crippen LogP contribution in [0.2, 0.25) is 0 Å². The Morgan fingerprint density at radius 1 is 1.10 bits per heavy atom. The van der Waals surface area contributed by atoms with E-state index in [-0.39, 0.29) is 22.4 Å². The minimum Gasteiger partial charge on any atom is -0.325 e. The lowest BCUT2D eigenvalue weighted by atomic mass is 10.2. The Morgan fingerprint density at radius 3 is 2.48 bits per heavy atom. The van der Waals surface area contributed by atoms with Crippen molar-refractivity contribution < 1.29 is 18.0 Å². The SMILES string of the molecule is Cc1cc(F)ccc1NC(=O)CSc1cc(F)ccc1F. The van der Waals surface area contributed by atoms with Crippen molar-refractivity contribution in [2.45, 2.75) is 11.8 Å². The Balaban J connectivity index is 1.97. The lowest BCUT2D eigenvalue weighted by molar-refractivity contribution is -0.113. The molecule has 1 N–H and O–H groups in total. The fourth-order valence-electron chi connectivity index (χ4n) is 1.68. The predicted molar refractivity (Wildman–Crippen MR) is 76.8 cm³/mol. The van der Waals surface area contributed by atoms with Crippen molar-refractivity contribution in [2.75, 3.05) is 11.1 Å². The van der Waals surface area contributed by atoms with Gasteiger partial charge in [-0.05, 0) is 48.9 Å². The molecule has 2 aromatic carbocycles. The van der Waals surface area contributed by atoms with Crippen LogP contribution in [0.15, 0.2) is 41.3 Å². The first kappa shape index (κ1) is 15.4. The molecular weight excluding hydrogens is 299 g/mol. The van der Waals surface area contributed by atoms with E-state index in [0.717, 1.165) is 30.0 Å². The average molecular weight is 311 g/mol. The summed E-state index contributed by atoms with van der Waals surface area (Å²) in [6.45, 7) is 1.66. The van der Waals surface area contributed by atoms with Crippen LogP contribution in [0, 0.1) is 24.4 Å². The molecular formula is C15H12F3NOS. The average Bonchev–Trinajstić information content (AvgIpc) is 2.43. The number of anilines is 1. The summed E-state index contributed by atoms with van der Waals surface area (Å²) >= 11 is 0.896. The molecule has 110 valence electrons. The number of hydrogen-bond donors (Lipinski definition) is 1. The summed E-state index contributed by atoms with van der Waals surface area (Å²) in [4.78, 5) is 11.8. The van der Waals surface area contributed by atoms with E-state index in [1.807, 2.05) is 0 Å². The van der Waals surface area contributed by atoms with Gasteiger partial charge in [0.2, 0.25) is 5.91 Å². The molecule has 6 heteroatoms. The number of thioether (sulfide) groups is 1. The maximum Gasteiger partial charge on any atom is 0.234 e. The van der Waals surface area contributed by atoms with Gasteiger partial charge < -0.3 is 5.32 Å². The van der Waals surface area contributed by atoms with Crippen LogP contribution in [-0.4, -0.2) is 11.7 Å². The smallest absolute Gasteiger partial charge is 0.234 e. The fourth-order valence-corrected chi connectivity index (χ4v) is 2.45. The normalized spacial score (nSPS) is 10.5. The van der Waals surface area contributed by atoms with Crippen LogP contribution < -0.4 is 5.32 Å². The number of rotatable bonds is 4. The van der Waals surface area contributed by atoms with Crippen LogP contribution in [-0.2, 0) is 4.79 Å². The zero-order valence-corrected chi connectivity index (χ0v) is 11.9. The van der Waals surface area contributed by atoms with Crippen LogP contribution in [0.4, 0.5) is 18.9 Å². The van der Waals surface area contributed by atoms with E-state index in [2.05, 4.69) is 5.32 Å². The molecule has 0 saturated carbocycles. The first-order valence-electron chi connectivity index (χ1n) is 6.09. The van der Waals surface area contributed by atoms with Gasteiger partial charge in [0, 0.05) is 10.6 Å². The zero-order chi connectivity index (χ0) is 15.4. The number of aryl methyl sites for hydroxylation is 1. The highest BCUT2D eigenvalue weighted by Gasteiger charge is 2.09. The van der Waals surface area contributed by atoms with Crippen molar-refractivity contribution in [1.29, 1.82) is 0 Å². The van der Waals surface area contributed by atoms with Crippen LogP contribution in [0.1, 0.15) is 5.56 Å². The minimum atomic E-state index is -0.577. The number of carbonyl (C=O) groups excluding carboxylic acids is 1. The standard InChI is InChI=1S/C15H12F3NOS/c1-9-6-10(16)3-5-13(9)19-15(20)8-21-14-7-11(17)2-4-12(14)18/h2-7H,8H2,1H3,(H,19,20). The third-order valence-corrected chi connectivity index (χ3v) is 3.74. The Morgan fingerprint density at radius 2 is 1.76 bits per heavy atom. The van der Waals surface area contributed by atoms with E-state index in [1.54, 1.807) is 6.92 Å². The van der Waals surface area contributed by atoms with Crippen LogP contribution in [0.3, 0.4) is 0 Å². The third-order valence-electron chi connectivity index (χ3n) is 2.71. The van der Waals surface area contributed by atoms with Crippen LogP contribution in [0.5, 0.6) is 0 Å². The third kappa shape index (κ3) is 4.26. The molecule has 0 bridgehead atoms. The molecule has 0 aliphatic heterocycles. The summed E-state index contributed by atoms with van der Waals surface area (Å²) in [5.74, 6) is -1.97. The second-order valence-corrected chi connectivity index (χ2v) is 5.39. The molecule has 0 fully saturated rings. The van der Waals surface area contributed by atoms with Crippen molar-refractivity contribution in [1.82, 2.24) is 0 Å². The molecule has 21 heavy (non-hydrogen) atoms. The lowest BCUT2D eigenvalue weighted by Crippen LogP contribution is -2.15. The van der Waals surface area contributed by atoms with Crippen molar-refractivity contribution >= 4 is 23.4 Å². The summed E-state index contributed by atoms with van der Waals surface area (Å²) in [6.07, 6.45) is 0.